The van der Waals surface area contributed by atoms with E-state index in [0.717, 1.165) is 18.6 Å². The maximum atomic E-state index is 11.6. The van der Waals surface area contributed by atoms with E-state index in [9.17, 15) is 4.79 Å². The molecule has 0 atom stereocenters. The van der Waals surface area contributed by atoms with E-state index in [1.807, 2.05) is 14.1 Å². The van der Waals surface area contributed by atoms with Crippen LogP contribution in [-0.2, 0) is 10.5 Å². The number of benzene rings is 1. The zero-order valence-electron chi connectivity index (χ0n) is 12.4. The standard InChI is InChI=1S/C15H23NOS.2ClH/c1-4-5-6-7-15(17)18-12-13-8-10-14(11-9-13)16(2)3;;/h8-11H,4-7,12H2,1-3H3;2*1H. The average Bonchev–Trinajstić information content (AvgIpc) is 2.37. The Balaban J connectivity index is 0. The van der Waals surface area contributed by atoms with Crippen molar-refractivity contribution in [3.63, 3.8) is 0 Å². The summed E-state index contributed by atoms with van der Waals surface area (Å²) >= 11 is 1.44. The van der Waals surface area contributed by atoms with Gasteiger partial charge in [-0.2, -0.15) is 0 Å². The zero-order valence-corrected chi connectivity index (χ0v) is 14.9. The molecule has 2 nitrogen and oxygen atoms in total. The van der Waals surface area contributed by atoms with Crippen molar-refractivity contribution in [2.24, 2.45) is 0 Å². The molecule has 0 bridgehead atoms. The van der Waals surface area contributed by atoms with E-state index in [4.69, 9.17) is 0 Å². The Morgan fingerprint density at radius 2 is 1.70 bits per heavy atom. The fourth-order valence-corrected chi connectivity index (χ4v) is 2.45. The normalized spacial score (nSPS) is 9.35. The molecule has 116 valence electrons. The highest BCUT2D eigenvalue weighted by Gasteiger charge is 2.03. The largest absolute Gasteiger partial charge is 0.378 e. The lowest BCUT2D eigenvalue weighted by Crippen LogP contribution is -2.08. The fraction of sp³-hybridized carbons (Fsp3) is 0.533. The Morgan fingerprint density at radius 1 is 1.10 bits per heavy atom. The molecule has 0 N–H and O–H groups in total. The van der Waals surface area contributed by atoms with Crippen molar-refractivity contribution in [2.75, 3.05) is 19.0 Å². The van der Waals surface area contributed by atoms with Crippen LogP contribution in [-0.4, -0.2) is 19.2 Å². The molecular formula is C15H25Cl2NOS. The number of rotatable bonds is 7. The summed E-state index contributed by atoms with van der Waals surface area (Å²) in [5, 5.41) is 0.320. The summed E-state index contributed by atoms with van der Waals surface area (Å²) in [4.78, 5) is 13.7. The van der Waals surface area contributed by atoms with E-state index in [2.05, 4.69) is 36.1 Å². The van der Waals surface area contributed by atoms with Crippen LogP contribution in [0.25, 0.3) is 0 Å². The topological polar surface area (TPSA) is 20.3 Å². The SMILES string of the molecule is CCCCCC(=O)SCc1ccc(N(C)C)cc1.Cl.Cl. The molecule has 0 aliphatic carbocycles. The van der Waals surface area contributed by atoms with Gasteiger partial charge in [-0.25, -0.2) is 0 Å². The van der Waals surface area contributed by atoms with Gasteiger partial charge in [0.15, 0.2) is 5.12 Å². The lowest BCUT2D eigenvalue weighted by atomic mass is 10.2. The summed E-state index contributed by atoms with van der Waals surface area (Å²) in [6, 6.07) is 8.39. The molecule has 5 heteroatoms. The smallest absolute Gasteiger partial charge is 0.189 e. The third kappa shape index (κ3) is 8.72. The molecule has 0 heterocycles. The van der Waals surface area contributed by atoms with Gasteiger partial charge in [-0.05, 0) is 24.1 Å². The first kappa shape index (κ1) is 21.9. The van der Waals surface area contributed by atoms with Gasteiger partial charge in [0.2, 0.25) is 0 Å². The number of hydrogen-bond donors (Lipinski definition) is 0. The molecule has 0 fully saturated rings. The fourth-order valence-electron chi connectivity index (χ4n) is 1.65. The number of carbonyl (C=O) groups excluding carboxylic acids is 1. The van der Waals surface area contributed by atoms with Crippen LogP contribution in [0.15, 0.2) is 24.3 Å². The van der Waals surface area contributed by atoms with Gasteiger partial charge < -0.3 is 4.90 Å². The van der Waals surface area contributed by atoms with Gasteiger partial charge in [0, 0.05) is 32.0 Å². The third-order valence-electron chi connectivity index (χ3n) is 2.84. The Kier molecular flexibility index (Phi) is 13.5. The molecule has 0 saturated heterocycles. The Bertz CT molecular complexity index is 369. The number of carbonyl (C=O) groups is 1. The summed E-state index contributed by atoms with van der Waals surface area (Å²) in [6.07, 6.45) is 4.07. The highest BCUT2D eigenvalue weighted by molar-refractivity contribution is 8.12. The van der Waals surface area contributed by atoms with E-state index < -0.39 is 0 Å². The minimum Gasteiger partial charge on any atom is -0.378 e. The summed E-state index contributed by atoms with van der Waals surface area (Å²) in [6.45, 7) is 2.16. The van der Waals surface area contributed by atoms with Crippen molar-refractivity contribution in [2.45, 2.75) is 38.4 Å². The summed E-state index contributed by atoms with van der Waals surface area (Å²) in [5.41, 5.74) is 2.41. The Labute approximate surface area is 139 Å². The van der Waals surface area contributed by atoms with Crippen molar-refractivity contribution in [3.05, 3.63) is 29.8 Å². The second-order valence-electron chi connectivity index (χ2n) is 4.68. The number of hydrogen-bond acceptors (Lipinski definition) is 3. The maximum Gasteiger partial charge on any atom is 0.189 e. The van der Waals surface area contributed by atoms with Crippen LogP contribution in [0.5, 0.6) is 0 Å². The van der Waals surface area contributed by atoms with E-state index in [1.165, 1.54) is 29.4 Å². The highest BCUT2D eigenvalue weighted by Crippen LogP contribution is 2.19. The molecule has 1 aromatic carbocycles. The molecule has 0 saturated carbocycles. The van der Waals surface area contributed by atoms with Crippen molar-refractivity contribution in [1.82, 2.24) is 0 Å². The summed E-state index contributed by atoms with van der Waals surface area (Å²) in [7, 11) is 4.06. The van der Waals surface area contributed by atoms with Gasteiger partial charge in [-0.1, -0.05) is 43.7 Å². The van der Waals surface area contributed by atoms with Crippen LogP contribution in [0, 0.1) is 0 Å². The van der Waals surface area contributed by atoms with Crippen molar-refractivity contribution >= 4 is 47.4 Å². The van der Waals surface area contributed by atoms with Gasteiger partial charge in [-0.3, -0.25) is 4.79 Å². The number of unbranched alkanes of at least 4 members (excludes halogenated alkanes) is 2. The van der Waals surface area contributed by atoms with Crippen molar-refractivity contribution < 1.29 is 4.79 Å². The van der Waals surface area contributed by atoms with E-state index >= 15 is 0 Å². The number of nitrogens with zero attached hydrogens (tertiary/aromatic N) is 1. The van der Waals surface area contributed by atoms with Crippen LogP contribution in [0.1, 0.15) is 38.2 Å². The minimum absolute atomic E-state index is 0. The molecule has 0 spiro atoms. The van der Waals surface area contributed by atoms with E-state index in [0.29, 0.717) is 11.5 Å². The van der Waals surface area contributed by atoms with Gasteiger partial charge in [0.05, 0.1) is 0 Å². The van der Waals surface area contributed by atoms with Crippen LogP contribution >= 0.6 is 36.6 Å². The lowest BCUT2D eigenvalue weighted by Gasteiger charge is -2.12. The Hall–Kier alpha value is -0.380. The first-order chi connectivity index (χ1) is 8.63. The molecule has 20 heavy (non-hydrogen) atoms. The summed E-state index contributed by atoms with van der Waals surface area (Å²) in [5.74, 6) is 0.790. The van der Waals surface area contributed by atoms with Crippen LogP contribution in [0.3, 0.4) is 0 Å². The minimum atomic E-state index is 0. The van der Waals surface area contributed by atoms with Gasteiger partial charge in [0.25, 0.3) is 0 Å². The third-order valence-corrected chi connectivity index (χ3v) is 3.84. The number of halogens is 2. The molecule has 1 rings (SSSR count). The van der Waals surface area contributed by atoms with Crippen molar-refractivity contribution in [1.29, 1.82) is 0 Å². The molecule has 0 unspecified atom stereocenters. The predicted octanol–water partition coefficient (Wildman–Crippen LogP) is 4.94. The first-order valence-corrected chi connectivity index (χ1v) is 7.54. The summed E-state index contributed by atoms with van der Waals surface area (Å²) < 4.78 is 0. The average molecular weight is 338 g/mol. The van der Waals surface area contributed by atoms with Gasteiger partial charge in [-0.15, -0.1) is 24.8 Å². The van der Waals surface area contributed by atoms with Gasteiger partial charge in [0.1, 0.15) is 0 Å². The Morgan fingerprint density at radius 3 is 2.20 bits per heavy atom. The van der Waals surface area contributed by atoms with Gasteiger partial charge >= 0.3 is 0 Å². The molecular weight excluding hydrogens is 313 g/mol. The molecule has 1 aromatic rings. The lowest BCUT2D eigenvalue weighted by molar-refractivity contribution is -0.111. The van der Waals surface area contributed by atoms with Crippen LogP contribution in [0.2, 0.25) is 0 Å². The first-order valence-electron chi connectivity index (χ1n) is 6.55. The molecule has 0 radical (unpaired) electrons. The number of anilines is 1. The van der Waals surface area contributed by atoms with Crippen LogP contribution in [0.4, 0.5) is 5.69 Å². The number of thioether (sulfide) groups is 1. The quantitative estimate of drug-likeness (QED) is 0.657. The van der Waals surface area contributed by atoms with E-state index in [1.54, 1.807) is 0 Å². The zero-order chi connectivity index (χ0) is 13.4. The maximum absolute atomic E-state index is 11.6. The predicted molar refractivity (Wildman–Crippen MR) is 95.7 cm³/mol. The highest BCUT2D eigenvalue weighted by atomic mass is 35.5. The molecule has 0 amide bonds. The van der Waals surface area contributed by atoms with E-state index in [-0.39, 0.29) is 24.8 Å². The molecule has 0 aliphatic rings. The second-order valence-corrected chi connectivity index (χ2v) is 5.71. The molecule has 0 aromatic heterocycles. The molecule has 0 aliphatic heterocycles. The monoisotopic (exact) mass is 337 g/mol. The van der Waals surface area contributed by atoms with Crippen molar-refractivity contribution in [3.8, 4) is 0 Å². The second kappa shape index (κ2) is 12.4. The van der Waals surface area contributed by atoms with Crippen LogP contribution < -0.4 is 4.90 Å².